The number of rotatable bonds is 13. The third-order valence-electron chi connectivity index (χ3n) is 7.06. The zero-order chi connectivity index (χ0) is 31.7. The second-order valence-electron chi connectivity index (χ2n) is 9.83. The predicted octanol–water partition coefficient (Wildman–Crippen LogP) is 4.42. The molecule has 4 aromatic carbocycles. The number of benzene rings is 4. The number of likely N-dealkylation sites (N-methyl/N-ethyl adjacent to an activating group) is 1. The standard InChI is InChI=1S/C33H34FN3O6S/c1-35-33(39)30(21-24-9-5-4-6-10-24)36(22-25-13-15-26(34)16-14-25)32(38)23-37(29-11-7-8-12-31(29)43-3)44(40,41)28-19-17-27(42-2)18-20-28/h4-20,30H,21-23H2,1-3H3,(H,35,39)/t30-/m0/s1. The third kappa shape index (κ3) is 7.54. The minimum atomic E-state index is -4.33. The van der Waals surface area contributed by atoms with Crippen molar-refractivity contribution < 1.29 is 31.9 Å². The number of amides is 2. The Hall–Kier alpha value is -4.90. The molecule has 0 bridgehead atoms. The number of ether oxygens (including phenoxy) is 2. The van der Waals surface area contributed by atoms with Gasteiger partial charge in [-0.05, 0) is 59.7 Å². The number of carbonyl (C=O) groups excluding carboxylic acids is 2. The average Bonchev–Trinajstić information content (AvgIpc) is 3.06. The van der Waals surface area contributed by atoms with Crippen LogP contribution in [0.2, 0.25) is 0 Å². The number of hydrogen-bond donors (Lipinski definition) is 1. The minimum Gasteiger partial charge on any atom is -0.497 e. The van der Waals surface area contributed by atoms with E-state index in [-0.39, 0.29) is 29.3 Å². The van der Waals surface area contributed by atoms with E-state index in [0.29, 0.717) is 11.3 Å². The Labute approximate surface area is 256 Å². The zero-order valence-electron chi connectivity index (χ0n) is 24.6. The first-order valence-electron chi connectivity index (χ1n) is 13.8. The van der Waals surface area contributed by atoms with Crippen LogP contribution in [0.5, 0.6) is 11.5 Å². The van der Waals surface area contributed by atoms with Gasteiger partial charge in [0.2, 0.25) is 11.8 Å². The summed E-state index contributed by atoms with van der Waals surface area (Å²) < 4.78 is 53.7. The molecule has 0 heterocycles. The largest absolute Gasteiger partial charge is 0.497 e. The molecule has 11 heteroatoms. The maximum absolute atomic E-state index is 14.3. The van der Waals surface area contributed by atoms with Crippen LogP contribution < -0.4 is 19.1 Å². The normalized spacial score (nSPS) is 11.7. The molecule has 0 saturated heterocycles. The molecule has 9 nitrogen and oxygen atoms in total. The summed E-state index contributed by atoms with van der Waals surface area (Å²) in [6.07, 6.45) is 0.160. The number of hydrogen-bond acceptors (Lipinski definition) is 6. The highest BCUT2D eigenvalue weighted by atomic mass is 32.2. The molecular weight excluding hydrogens is 585 g/mol. The van der Waals surface area contributed by atoms with Crippen LogP contribution in [0, 0.1) is 5.82 Å². The molecular formula is C33H34FN3O6S. The molecule has 1 atom stereocenters. The lowest BCUT2D eigenvalue weighted by molar-refractivity contribution is -0.139. The minimum absolute atomic E-state index is 0.0748. The predicted molar refractivity (Wildman–Crippen MR) is 165 cm³/mol. The first kappa shape index (κ1) is 32.0. The Morgan fingerprint density at radius 2 is 1.45 bits per heavy atom. The Bertz CT molecular complexity index is 1670. The van der Waals surface area contributed by atoms with Gasteiger partial charge in [0, 0.05) is 20.0 Å². The molecule has 0 unspecified atom stereocenters. The van der Waals surface area contributed by atoms with Crippen LogP contribution in [0.4, 0.5) is 10.1 Å². The summed E-state index contributed by atoms with van der Waals surface area (Å²) in [5, 5.41) is 2.63. The van der Waals surface area contributed by atoms with Crippen molar-refractivity contribution in [1.29, 1.82) is 0 Å². The van der Waals surface area contributed by atoms with Gasteiger partial charge in [-0.3, -0.25) is 13.9 Å². The van der Waals surface area contributed by atoms with Crippen LogP contribution in [0.15, 0.2) is 108 Å². The van der Waals surface area contributed by atoms with E-state index in [0.717, 1.165) is 9.87 Å². The third-order valence-corrected chi connectivity index (χ3v) is 8.84. The molecule has 0 aliphatic carbocycles. The van der Waals surface area contributed by atoms with Crippen LogP contribution in [0.25, 0.3) is 0 Å². The lowest BCUT2D eigenvalue weighted by Crippen LogP contribution is -2.53. The number of nitrogens with zero attached hydrogens (tertiary/aromatic N) is 2. The maximum atomic E-state index is 14.3. The molecule has 0 aliphatic rings. The molecule has 44 heavy (non-hydrogen) atoms. The summed E-state index contributed by atoms with van der Waals surface area (Å²) in [4.78, 5) is 28.9. The average molecular weight is 620 g/mol. The van der Waals surface area contributed by atoms with E-state index < -0.39 is 40.2 Å². The highest BCUT2D eigenvalue weighted by molar-refractivity contribution is 7.92. The van der Waals surface area contributed by atoms with E-state index in [1.54, 1.807) is 18.2 Å². The Balaban J connectivity index is 1.81. The first-order chi connectivity index (χ1) is 21.2. The van der Waals surface area contributed by atoms with Gasteiger partial charge in [0.15, 0.2) is 0 Å². The van der Waals surface area contributed by atoms with Gasteiger partial charge in [0.05, 0.1) is 24.8 Å². The summed E-state index contributed by atoms with van der Waals surface area (Å²) >= 11 is 0. The van der Waals surface area contributed by atoms with Gasteiger partial charge in [-0.25, -0.2) is 12.8 Å². The van der Waals surface area contributed by atoms with E-state index >= 15 is 0 Å². The molecule has 0 fully saturated rings. The molecule has 230 valence electrons. The van der Waals surface area contributed by atoms with Crippen molar-refractivity contribution in [2.75, 3.05) is 32.1 Å². The van der Waals surface area contributed by atoms with E-state index in [1.807, 2.05) is 30.3 Å². The highest BCUT2D eigenvalue weighted by Crippen LogP contribution is 2.33. The smallest absolute Gasteiger partial charge is 0.264 e. The van der Waals surface area contributed by atoms with Crippen LogP contribution in [0.1, 0.15) is 11.1 Å². The number of carbonyl (C=O) groups is 2. The lowest BCUT2D eigenvalue weighted by Gasteiger charge is -2.34. The van der Waals surface area contributed by atoms with Crippen molar-refractivity contribution in [3.8, 4) is 11.5 Å². The van der Waals surface area contributed by atoms with Gasteiger partial charge in [-0.1, -0.05) is 54.6 Å². The molecule has 1 N–H and O–H groups in total. The van der Waals surface area contributed by atoms with Crippen LogP contribution >= 0.6 is 0 Å². The number of nitrogens with one attached hydrogen (secondary N) is 1. The molecule has 0 saturated carbocycles. The second kappa shape index (κ2) is 14.5. The second-order valence-corrected chi connectivity index (χ2v) is 11.7. The monoisotopic (exact) mass is 619 g/mol. The first-order valence-corrected chi connectivity index (χ1v) is 15.2. The van der Waals surface area contributed by atoms with Crippen molar-refractivity contribution in [3.63, 3.8) is 0 Å². The van der Waals surface area contributed by atoms with Crippen molar-refractivity contribution in [1.82, 2.24) is 10.2 Å². The van der Waals surface area contributed by atoms with E-state index in [9.17, 15) is 22.4 Å². The molecule has 0 aliphatic heterocycles. The van der Waals surface area contributed by atoms with E-state index in [4.69, 9.17) is 9.47 Å². The Morgan fingerprint density at radius 1 is 0.818 bits per heavy atom. The fourth-order valence-corrected chi connectivity index (χ4v) is 6.16. The van der Waals surface area contributed by atoms with E-state index in [2.05, 4.69) is 5.32 Å². The molecule has 4 aromatic rings. The van der Waals surface area contributed by atoms with Gasteiger partial charge in [0.25, 0.3) is 10.0 Å². The van der Waals surface area contributed by atoms with Crippen molar-refractivity contribution in [2.45, 2.75) is 23.9 Å². The molecule has 4 rings (SSSR count). The summed E-state index contributed by atoms with van der Waals surface area (Å²) in [5.41, 5.74) is 1.49. The fraction of sp³-hybridized carbons (Fsp3) is 0.212. The number of methoxy groups -OCH3 is 2. The van der Waals surface area contributed by atoms with Gasteiger partial charge in [-0.2, -0.15) is 0 Å². The van der Waals surface area contributed by atoms with Crippen molar-refractivity contribution in [2.24, 2.45) is 0 Å². The number of anilines is 1. The summed E-state index contributed by atoms with van der Waals surface area (Å²) in [6.45, 7) is -0.732. The quantitative estimate of drug-likeness (QED) is 0.238. The van der Waals surface area contributed by atoms with Gasteiger partial charge in [-0.15, -0.1) is 0 Å². The van der Waals surface area contributed by atoms with Gasteiger partial charge in [0.1, 0.15) is 29.9 Å². The summed E-state index contributed by atoms with van der Waals surface area (Å²) in [6, 6.07) is 26.0. The Morgan fingerprint density at radius 3 is 2.07 bits per heavy atom. The SMILES string of the molecule is CNC(=O)[C@H](Cc1ccccc1)N(Cc1ccc(F)cc1)C(=O)CN(c1ccccc1OC)S(=O)(=O)c1ccc(OC)cc1. The highest BCUT2D eigenvalue weighted by Gasteiger charge is 2.35. The molecule has 2 amide bonds. The number of halogens is 1. The van der Waals surface area contributed by atoms with Crippen LogP contribution in [0.3, 0.4) is 0 Å². The van der Waals surface area contributed by atoms with Crippen LogP contribution in [-0.4, -0.2) is 59.0 Å². The molecule has 0 spiro atoms. The van der Waals surface area contributed by atoms with Crippen molar-refractivity contribution >= 4 is 27.5 Å². The van der Waals surface area contributed by atoms with E-state index in [1.165, 1.54) is 80.8 Å². The maximum Gasteiger partial charge on any atom is 0.264 e. The molecule has 0 radical (unpaired) electrons. The van der Waals surface area contributed by atoms with Gasteiger partial charge < -0.3 is 19.7 Å². The summed E-state index contributed by atoms with van der Waals surface area (Å²) in [7, 11) is 0.0129. The summed E-state index contributed by atoms with van der Waals surface area (Å²) in [5.74, 6) is -0.849. The topological polar surface area (TPSA) is 105 Å². The fourth-order valence-electron chi connectivity index (χ4n) is 4.73. The zero-order valence-corrected chi connectivity index (χ0v) is 25.5. The lowest BCUT2D eigenvalue weighted by atomic mass is 10.0. The number of para-hydroxylation sites is 2. The molecule has 0 aromatic heterocycles. The number of sulfonamides is 1. The van der Waals surface area contributed by atoms with Crippen LogP contribution in [-0.2, 0) is 32.6 Å². The Kier molecular flexibility index (Phi) is 10.6. The van der Waals surface area contributed by atoms with Crippen molar-refractivity contribution in [3.05, 3.63) is 120 Å². The van der Waals surface area contributed by atoms with Gasteiger partial charge >= 0.3 is 0 Å².